The van der Waals surface area contributed by atoms with Crippen LogP contribution in [0.1, 0.15) is 28.9 Å². The van der Waals surface area contributed by atoms with Gasteiger partial charge in [-0.25, -0.2) is 14.4 Å². The number of hydrogen-bond acceptors (Lipinski definition) is 4. The number of anilines is 1. The molecule has 4 aromatic rings. The Bertz CT molecular complexity index is 1200. The van der Waals surface area contributed by atoms with Crippen LogP contribution in [0.3, 0.4) is 0 Å². The fourth-order valence-electron chi connectivity index (χ4n) is 3.37. The molecular formula is C24H22FN5. The minimum absolute atomic E-state index is 0.290. The number of nitrogens with zero attached hydrogens (tertiary/aromatic N) is 3. The summed E-state index contributed by atoms with van der Waals surface area (Å²) in [6.07, 6.45) is 1.63. The summed E-state index contributed by atoms with van der Waals surface area (Å²) in [7, 11) is 0. The molecule has 4 rings (SSSR count). The van der Waals surface area contributed by atoms with E-state index in [9.17, 15) is 9.65 Å². The average Bonchev–Trinajstić information content (AvgIpc) is 3.13. The number of benzene rings is 2. The van der Waals surface area contributed by atoms with Gasteiger partial charge in [0.2, 0.25) is 0 Å². The third-order valence-corrected chi connectivity index (χ3v) is 5.18. The summed E-state index contributed by atoms with van der Waals surface area (Å²) in [5.41, 5.74) is 6.50. The number of H-pyrrole nitrogens is 1. The second-order valence-corrected chi connectivity index (χ2v) is 7.38. The predicted octanol–water partition coefficient (Wildman–Crippen LogP) is 5.30. The van der Waals surface area contributed by atoms with Crippen LogP contribution in [0.2, 0.25) is 0 Å². The van der Waals surface area contributed by atoms with Gasteiger partial charge in [-0.2, -0.15) is 5.26 Å². The highest BCUT2D eigenvalue weighted by Crippen LogP contribution is 2.22. The highest BCUT2D eigenvalue weighted by atomic mass is 19.1. The maximum absolute atomic E-state index is 13.2. The highest BCUT2D eigenvalue weighted by Gasteiger charge is 2.08. The highest BCUT2D eigenvalue weighted by molar-refractivity contribution is 5.77. The Morgan fingerprint density at radius 2 is 1.80 bits per heavy atom. The van der Waals surface area contributed by atoms with E-state index in [0.717, 1.165) is 35.3 Å². The van der Waals surface area contributed by atoms with Gasteiger partial charge in [0.1, 0.15) is 23.5 Å². The van der Waals surface area contributed by atoms with Crippen LogP contribution in [0, 0.1) is 31.0 Å². The maximum atomic E-state index is 13.2. The van der Waals surface area contributed by atoms with Crippen molar-refractivity contribution in [2.75, 3.05) is 11.9 Å². The van der Waals surface area contributed by atoms with Crippen LogP contribution in [0.5, 0.6) is 0 Å². The first-order valence-electron chi connectivity index (χ1n) is 9.90. The zero-order valence-corrected chi connectivity index (χ0v) is 17.0. The van der Waals surface area contributed by atoms with E-state index in [1.54, 1.807) is 24.3 Å². The average molecular weight is 399 g/mol. The molecule has 0 saturated carbocycles. The van der Waals surface area contributed by atoms with E-state index in [-0.39, 0.29) is 5.82 Å². The lowest BCUT2D eigenvalue weighted by molar-refractivity contribution is 0.628. The number of hydrogen-bond donors (Lipinski definition) is 2. The lowest BCUT2D eigenvalue weighted by Gasteiger charge is -2.09. The lowest BCUT2D eigenvalue weighted by Crippen LogP contribution is -2.07. The largest absolute Gasteiger partial charge is 0.369 e. The van der Waals surface area contributed by atoms with Crippen molar-refractivity contribution in [2.24, 2.45) is 0 Å². The number of nitrogens with one attached hydrogen (secondary N) is 2. The summed E-state index contributed by atoms with van der Waals surface area (Å²) < 4.78 is 13.2. The number of fused-ring (bicyclic) bond motifs is 1. The van der Waals surface area contributed by atoms with Gasteiger partial charge >= 0.3 is 0 Å². The van der Waals surface area contributed by atoms with Crippen molar-refractivity contribution in [3.63, 3.8) is 0 Å². The summed E-state index contributed by atoms with van der Waals surface area (Å²) in [6.45, 7) is 4.84. The molecule has 0 bridgehead atoms. The van der Waals surface area contributed by atoms with Crippen LogP contribution in [-0.4, -0.2) is 21.5 Å². The van der Waals surface area contributed by atoms with Gasteiger partial charge in [-0.3, -0.25) is 0 Å². The number of aromatic amines is 1. The second-order valence-electron chi connectivity index (χ2n) is 7.38. The number of nitriles is 1. The third-order valence-electron chi connectivity index (χ3n) is 5.18. The SMILES string of the molecule is Cc1cc2nc(CCCNc3nc(-c4ccc(F)cc4)ccc3C#N)[nH]c2cc1C. The fraction of sp³-hybridized carbons (Fsp3) is 0.208. The third kappa shape index (κ3) is 4.15. The number of aromatic nitrogens is 3. The molecule has 5 nitrogen and oxygen atoms in total. The molecule has 150 valence electrons. The fourth-order valence-corrected chi connectivity index (χ4v) is 3.37. The molecule has 2 aromatic carbocycles. The van der Waals surface area contributed by atoms with Crippen LogP contribution in [0.15, 0.2) is 48.5 Å². The van der Waals surface area contributed by atoms with Crippen molar-refractivity contribution in [1.82, 2.24) is 15.0 Å². The standard InChI is InChI=1S/C24H22FN5/c1-15-12-21-22(13-16(15)2)29-23(28-21)4-3-11-27-24-18(14-26)7-10-20(30-24)17-5-8-19(25)9-6-17/h5-10,12-13H,3-4,11H2,1-2H3,(H,27,30)(H,28,29). The van der Waals surface area contributed by atoms with Gasteiger partial charge in [-0.15, -0.1) is 0 Å². The first-order valence-corrected chi connectivity index (χ1v) is 9.90. The van der Waals surface area contributed by atoms with Crippen LogP contribution in [0.4, 0.5) is 10.2 Å². The minimum atomic E-state index is -0.290. The monoisotopic (exact) mass is 399 g/mol. The molecule has 2 N–H and O–H groups in total. The van der Waals surface area contributed by atoms with Gasteiger partial charge in [-0.1, -0.05) is 0 Å². The Balaban J connectivity index is 1.42. The van der Waals surface area contributed by atoms with Crippen molar-refractivity contribution in [3.8, 4) is 17.3 Å². The lowest BCUT2D eigenvalue weighted by atomic mass is 10.1. The molecule has 0 spiro atoms. The van der Waals surface area contributed by atoms with Gasteiger partial charge in [0.25, 0.3) is 0 Å². The molecule has 6 heteroatoms. The summed E-state index contributed by atoms with van der Waals surface area (Å²) in [4.78, 5) is 12.6. The van der Waals surface area contributed by atoms with Crippen LogP contribution < -0.4 is 5.32 Å². The molecule has 0 fully saturated rings. The Hall–Kier alpha value is -3.72. The first-order chi connectivity index (χ1) is 14.5. The molecule has 0 aliphatic heterocycles. The molecule has 2 aromatic heterocycles. The molecule has 0 aliphatic rings. The molecule has 2 heterocycles. The number of halogens is 1. The van der Waals surface area contributed by atoms with Crippen LogP contribution in [-0.2, 0) is 6.42 Å². The van der Waals surface area contributed by atoms with Gasteiger partial charge in [0.15, 0.2) is 0 Å². The molecule has 30 heavy (non-hydrogen) atoms. The van der Waals surface area contributed by atoms with Gasteiger partial charge in [-0.05, 0) is 79.9 Å². The molecule has 0 radical (unpaired) electrons. The summed E-state index contributed by atoms with van der Waals surface area (Å²) >= 11 is 0. The minimum Gasteiger partial charge on any atom is -0.369 e. The maximum Gasteiger partial charge on any atom is 0.144 e. The van der Waals surface area contributed by atoms with Crippen LogP contribution in [0.25, 0.3) is 22.3 Å². The van der Waals surface area contributed by atoms with E-state index in [1.807, 2.05) is 0 Å². The zero-order valence-electron chi connectivity index (χ0n) is 17.0. The molecule has 0 unspecified atom stereocenters. The number of imidazole rings is 1. The molecular weight excluding hydrogens is 377 g/mol. The zero-order chi connectivity index (χ0) is 21.1. The first kappa shape index (κ1) is 19.6. The summed E-state index contributed by atoms with van der Waals surface area (Å²) in [6, 6.07) is 16.1. The van der Waals surface area contributed by atoms with Gasteiger partial charge in [0.05, 0.1) is 22.3 Å². The van der Waals surface area contributed by atoms with Crippen molar-refractivity contribution in [1.29, 1.82) is 5.26 Å². The topological polar surface area (TPSA) is 77.4 Å². The van der Waals surface area contributed by atoms with E-state index < -0.39 is 0 Å². The smallest absolute Gasteiger partial charge is 0.144 e. The Labute approximate surface area is 174 Å². The molecule has 0 aliphatic carbocycles. The van der Waals surface area contributed by atoms with Crippen LogP contribution >= 0.6 is 0 Å². The van der Waals surface area contributed by atoms with Crippen molar-refractivity contribution in [3.05, 3.63) is 76.9 Å². The van der Waals surface area contributed by atoms with Gasteiger partial charge < -0.3 is 10.3 Å². The molecule has 0 amide bonds. The van der Waals surface area contributed by atoms with Crippen molar-refractivity contribution in [2.45, 2.75) is 26.7 Å². The number of aryl methyl sites for hydroxylation is 3. The molecule has 0 saturated heterocycles. The number of rotatable bonds is 6. The Kier molecular flexibility index (Phi) is 5.44. The Morgan fingerprint density at radius 3 is 2.57 bits per heavy atom. The Morgan fingerprint density at radius 1 is 1.03 bits per heavy atom. The van der Waals surface area contributed by atoms with E-state index in [2.05, 4.69) is 52.3 Å². The van der Waals surface area contributed by atoms with E-state index >= 15 is 0 Å². The van der Waals surface area contributed by atoms with E-state index in [1.165, 1.54) is 23.3 Å². The predicted molar refractivity (Wildman–Crippen MR) is 117 cm³/mol. The van der Waals surface area contributed by atoms with Crippen molar-refractivity contribution < 1.29 is 4.39 Å². The molecule has 0 atom stereocenters. The normalized spacial score (nSPS) is 10.9. The van der Waals surface area contributed by atoms with E-state index in [0.29, 0.717) is 23.6 Å². The second kappa shape index (κ2) is 8.34. The number of pyridine rings is 1. The summed E-state index contributed by atoms with van der Waals surface area (Å²) in [5.74, 6) is 1.20. The van der Waals surface area contributed by atoms with E-state index in [4.69, 9.17) is 0 Å². The summed E-state index contributed by atoms with van der Waals surface area (Å²) in [5, 5.41) is 12.6. The quantitative estimate of drug-likeness (QED) is 0.432. The van der Waals surface area contributed by atoms with Crippen molar-refractivity contribution >= 4 is 16.9 Å². The van der Waals surface area contributed by atoms with Gasteiger partial charge in [0, 0.05) is 18.5 Å².